The fraction of sp³-hybridized carbons (Fsp3) is 0.238. The van der Waals surface area contributed by atoms with Crippen LogP contribution in [0.15, 0.2) is 48.5 Å². The molecule has 2 heterocycles. The molecule has 4 rings (SSSR count). The van der Waals surface area contributed by atoms with Gasteiger partial charge in [0.05, 0.1) is 12.6 Å². The van der Waals surface area contributed by atoms with Crippen molar-refractivity contribution >= 4 is 22.5 Å². The molecule has 1 aromatic heterocycles. The number of benzene rings is 2. The summed E-state index contributed by atoms with van der Waals surface area (Å²) in [6, 6.07) is 15.7. The molecule has 1 aliphatic heterocycles. The molecule has 0 atom stereocenters. The molecule has 25 heavy (non-hydrogen) atoms. The van der Waals surface area contributed by atoms with E-state index in [-0.39, 0.29) is 5.91 Å². The summed E-state index contributed by atoms with van der Waals surface area (Å²) in [6.45, 7) is 2.82. The second kappa shape index (κ2) is 6.20. The minimum absolute atomic E-state index is 0.0393. The summed E-state index contributed by atoms with van der Waals surface area (Å²) in [5.41, 5.74) is 4.76. The van der Waals surface area contributed by atoms with Crippen LogP contribution in [0.5, 0.6) is 5.75 Å². The van der Waals surface area contributed by atoms with Gasteiger partial charge in [-0.25, -0.2) is 4.98 Å². The zero-order chi connectivity index (χ0) is 17.4. The number of fused-ring (bicyclic) bond motifs is 2. The first kappa shape index (κ1) is 15.6. The van der Waals surface area contributed by atoms with Crippen molar-refractivity contribution in [1.29, 1.82) is 0 Å². The van der Waals surface area contributed by atoms with Crippen molar-refractivity contribution in [2.24, 2.45) is 0 Å². The molecule has 2 aromatic carbocycles. The number of hydrogen-bond acceptors (Lipinski definition) is 3. The molecule has 3 aromatic rings. The number of anilines is 1. The van der Waals surface area contributed by atoms with E-state index in [1.54, 1.807) is 13.2 Å². The zero-order valence-corrected chi connectivity index (χ0v) is 14.5. The lowest BCUT2D eigenvalue weighted by Crippen LogP contribution is -2.36. The average Bonchev–Trinajstić information content (AvgIpc) is 2.65. The van der Waals surface area contributed by atoms with Gasteiger partial charge in [0, 0.05) is 17.6 Å². The van der Waals surface area contributed by atoms with E-state index in [0.29, 0.717) is 5.69 Å². The highest BCUT2D eigenvalue weighted by atomic mass is 16.5. The maximum Gasteiger partial charge on any atom is 0.276 e. The van der Waals surface area contributed by atoms with E-state index in [9.17, 15) is 4.79 Å². The first-order valence-corrected chi connectivity index (χ1v) is 8.52. The molecule has 1 amide bonds. The van der Waals surface area contributed by atoms with E-state index in [2.05, 4.69) is 24.0 Å². The Morgan fingerprint density at radius 2 is 2.00 bits per heavy atom. The monoisotopic (exact) mass is 332 g/mol. The quantitative estimate of drug-likeness (QED) is 0.708. The first-order valence-electron chi connectivity index (χ1n) is 8.52. The Morgan fingerprint density at radius 1 is 1.12 bits per heavy atom. The van der Waals surface area contributed by atoms with Crippen LogP contribution in [0.3, 0.4) is 0 Å². The van der Waals surface area contributed by atoms with Crippen molar-refractivity contribution in [1.82, 2.24) is 4.98 Å². The maximum absolute atomic E-state index is 13.1. The molecule has 0 unspecified atom stereocenters. The molecule has 4 heteroatoms. The van der Waals surface area contributed by atoms with Gasteiger partial charge in [-0.15, -0.1) is 0 Å². The van der Waals surface area contributed by atoms with E-state index in [4.69, 9.17) is 4.74 Å². The second-order valence-electron chi connectivity index (χ2n) is 6.45. The number of aromatic nitrogens is 1. The predicted octanol–water partition coefficient (Wildman–Crippen LogP) is 4.14. The number of hydrogen-bond donors (Lipinski definition) is 0. The summed E-state index contributed by atoms with van der Waals surface area (Å²) in [7, 11) is 1.64. The lowest BCUT2D eigenvalue weighted by molar-refractivity contribution is 0.0980. The van der Waals surface area contributed by atoms with E-state index in [0.717, 1.165) is 41.7 Å². The number of aryl methyl sites for hydroxylation is 2. The molecular weight excluding hydrogens is 312 g/mol. The lowest BCUT2D eigenvalue weighted by Gasteiger charge is -2.29. The Kier molecular flexibility index (Phi) is 3.88. The highest BCUT2D eigenvalue weighted by molar-refractivity contribution is 6.06. The van der Waals surface area contributed by atoms with E-state index in [1.165, 1.54) is 11.1 Å². The Balaban J connectivity index is 1.71. The van der Waals surface area contributed by atoms with Crippen LogP contribution < -0.4 is 9.64 Å². The maximum atomic E-state index is 13.1. The third-order valence-corrected chi connectivity index (χ3v) is 4.71. The van der Waals surface area contributed by atoms with Crippen molar-refractivity contribution < 1.29 is 9.53 Å². The van der Waals surface area contributed by atoms with Gasteiger partial charge in [0.25, 0.3) is 5.91 Å². The molecular formula is C21H20N2O2. The van der Waals surface area contributed by atoms with Gasteiger partial charge >= 0.3 is 0 Å². The highest BCUT2D eigenvalue weighted by Gasteiger charge is 2.24. The van der Waals surface area contributed by atoms with Gasteiger partial charge < -0.3 is 9.64 Å². The molecule has 4 nitrogen and oxygen atoms in total. The third-order valence-electron chi connectivity index (χ3n) is 4.71. The molecule has 0 N–H and O–H groups in total. The molecule has 0 aliphatic carbocycles. The Labute approximate surface area is 147 Å². The van der Waals surface area contributed by atoms with Crippen molar-refractivity contribution in [3.63, 3.8) is 0 Å². The summed E-state index contributed by atoms with van der Waals surface area (Å²) < 4.78 is 5.24. The van der Waals surface area contributed by atoms with E-state index >= 15 is 0 Å². The number of nitrogens with zero attached hydrogens (tertiary/aromatic N) is 2. The fourth-order valence-electron chi connectivity index (χ4n) is 3.42. The number of carbonyl (C=O) groups is 1. The summed E-state index contributed by atoms with van der Waals surface area (Å²) >= 11 is 0. The SMILES string of the molecule is COc1ccc2nc(C(=O)N3CCCc4cc(C)ccc43)ccc2c1. The van der Waals surface area contributed by atoms with Crippen molar-refractivity contribution in [3.8, 4) is 5.75 Å². The van der Waals surface area contributed by atoms with Gasteiger partial charge in [-0.3, -0.25) is 4.79 Å². The smallest absolute Gasteiger partial charge is 0.276 e. The van der Waals surface area contributed by atoms with Crippen LogP contribution in [-0.4, -0.2) is 24.5 Å². The number of rotatable bonds is 2. The van der Waals surface area contributed by atoms with Crippen LogP contribution in [0.25, 0.3) is 10.9 Å². The topological polar surface area (TPSA) is 42.4 Å². The van der Waals surface area contributed by atoms with Crippen LogP contribution in [0, 0.1) is 6.92 Å². The van der Waals surface area contributed by atoms with Crippen molar-refractivity contribution in [2.45, 2.75) is 19.8 Å². The zero-order valence-electron chi connectivity index (χ0n) is 14.5. The normalized spacial score (nSPS) is 13.6. The third kappa shape index (κ3) is 2.84. The molecule has 0 bridgehead atoms. The number of methoxy groups -OCH3 is 1. The van der Waals surface area contributed by atoms with Gasteiger partial charge in [0.1, 0.15) is 11.4 Å². The van der Waals surface area contributed by atoms with E-state index < -0.39 is 0 Å². The number of pyridine rings is 1. The number of carbonyl (C=O) groups excluding carboxylic acids is 1. The Hall–Kier alpha value is -2.88. The molecule has 0 saturated carbocycles. The minimum Gasteiger partial charge on any atom is -0.497 e. The average molecular weight is 332 g/mol. The van der Waals surface area contributed by atoms with Crippen molar-refractivity contribution in [3.05, 3.63) is 65.4 Å². The summed E-state index contributed by atoms with van der Waals surface area (Å²) in [5, 5.41) is 0.963. The van der Waals surface area contributed by atoms with E-state index in [1.807, 2.05) is 35.2 Å². The van der Waals surface area contributed by atoms with Crippen LogP contribution in [0.1, 0.15) is 28.0 Å². The van der Waals surface area contributed by atoms with Gasteiger partial charge in [0.15, 0.2) is 0 Å². The fourth-order valence-corrected chi connectivity index (χ4v) is 3.42. The van der Waals surface area contributed by atoms with Crippen LogP contribution >= 0.6 is 0 Å². The van der Waals surface area contributed by atoms with Crippen LogP contribution in [-0.2, 0) is 6.42 Å². The largest absolute Gasteiger partial charge is 0.497 e. The highest BCUT2D eigenvalue weighted by Crippen LogP contribution is 2.29. The van der Waals surface area contributed by atoms with Gasteiger partial charge in [-0.1, -0.05) is 23.8 Å². The molecule has 126 valence electrons. The molecule has 0 fully saturated rings. The Morgan fingerprint density at radius 3 is 2.84 bits per heavy atom. The summed E-state index contributed by atoms with van der Waals surface area (Å²) in [5.74, 6) is 0.747. The molecule has 0 spiro atoms. The van der Waals surface area contributed by atoms with Crippen molar-refractivity contribution in [2.75, 3.05) is 18.6 Å². The lowest BCUT2D eigenvalue weighted by atomic mass is 9.99. The van der Waals surface area contributed by atoms with Crippen LogP contribution in [0.2, 0.25) is 0 Å². The van der Waals surface area contributed by atoms with Gasteiger partial charge in [-0.2, -0.15) is 0 Å². The first-order chi connectivity index (χ1) is 12.2. The Bertz CT molecular complexity index is 965. The van der Waals surface area contributed by atoms with Crippen LogP contribution in [0.4, 0.5) is 5.69 Å². The number of amides is 1. The predicted molar refractivity (Wildman–Crippen MR) is 99.5 cm³/mol. The standard InChI is InChI=1S/C21H20N2O2/c1-14-5-10-20-16(12-14)4-3-11-23(20)21(24)19-8-6-15-13-17(25-2)7-9-18(15)22-19/h5-10,12-13H,3-4,11H2,1-2H3. The summed E-state index contributed by atoms with van der Waals surface area (Å²) in [6.07, 6.45) is 2.00. The number of ether oxygens (including phenoxy) is 1. The minimum atomic E-state index is -0.0393. The summed E-state index contributed by atoms with van der Waals surface area (Å²) in [4.78, 5) is 19.5. The second-order valence-corrected chi connectivity index (χ2v) is 6.45. The molecule has 0 saturated heterocycles. The molecule has 1 aliphatic rings. The molecule has 0 radical (unpaired) electrons. The van der Waals surface area contributed by atoms with Gasteiger partial charge in [-0.05, 0) is 55.7 Å². The van der Waals surface area contributed by atoms with Gasteiger partial charge in [0.2, 0.25) is 0 Å².